The molecular formula is C10H16N2O. The van der Waals surface area contributed by atoms with Crippen LogP contribution in [0.2, 0.25) is 0 Å². The molecule has 0 bridgehead atoms. The van der Waals surface area contributed by atoms with Crippen LogP contribution in [-0.2, 0) is 0 Å². The highest BCUT2D eigenvalue weighted by Gasteiger charge is 2.10. The molecule has 1 rings (SSSR count). The summed E-state index contributed by atoms with van der Waals surface area (Å²) in [4.78, 5) is 1.97. The molecule has 0 aliphatic carbocycles. The topological polar surface area (TPSA) is 49.5 Å². The molecule has 3 heteroatoms. The maximum absolute atomic E-state index is 9.61. The summed E-state index contributed by atoms with van der Waals surface area (Å²) in [6.07, 6.45) is -0.571. The number of aliphatic hydroxyl groups is 1. The summed E-state index contributed by atoms with van der Waals surface area (Å²) in [5.41, 5.74) is 7.30. The molecule has 13 heavy (non-hydrogen) atoms. The lowest BCUT2D eigenvalue weighted by Gasteiger charge is -2.19. The summed E-state index contributed by atoms with van der Waals surface area (Å²) in [5.74, 6) is 0. The number of nitrogens with two attached hydrogens (primary N) is 1. The molecule has 0 amide bonds. The van der Waals surface area contributed by atoms with Gasteiger partial charge in [0, 0.05) is 31.9 Å². The molecule has 3 N–H and O–H groups in total. The van der Waals surface area contributed by atoms with E-state index in [-0.39, 0.29) is 6.54 Å². The van der Waals surface area contributed by atoms with Crippen molar-refractivity contribution in [2.75, 3.05) is 25.5 Å². The quantitative estimate of drug-likeness (QED) is 0.721. The van der Waals surface area contributed by atoms with Gasteiger partial charge in [0.05, 0.1) is 6.10 Å². The van der Waals surface area contributed by atoms with Crippen LogP contribution in [0.3, 0.4) is 0 Å². The molecule has 1 aromatic carbocycles. The number of benzene rings is 1. The van der Waals surface area contributed by atoms with E-state index >= 15 is 0 Å². The van der Waals surface area contributed by atoms with Gasteiger partial charge in [0.1, 0.15) is 0 Å². The van der Waals surface area contributed by atoms with Crippen molar-refractivity contribution in [3.8, 4) is 0 Å². The minimum Gasteiger partial charge on any atom is -0.387 e. The number of rotatable bonds is 3. The molecule has 72 valence electrons. The standard InChI is InChI=1S/C10H16N2O/c1-12(2)9-6-4-3-5-8(9)10(13)7-11/h3-6,10,13H,7,11H2,1-2H3/t10-/m1/s1. The Morgan fingerprint density at radius 2 is 2.00 bits per heavy atom. The summed E-state index contributed by atoms with van der Waals surface area (Å²) in [6, 6.07) is 7.71. The van der Waals surface area contributed by atoms with E-state index in [9.17, 15) is 5.11 Å². The SMILES string of the molecule is CN(C)c1ccccc1[C@H](O)CN. The zero-order valence-electron chi connectivity index (χ0n) is 8.07. The number of nitrogens with zero attached hydrogens (tertiary/aromatic N) is 1. The Kier molecular flexibility index (Phi) is 3.28. The number of hydrogen-bond acceptors (Lipinski definition) is 3. The number of para-hydroxylation sites is 1. The van der Waals surface area contributed by atoms with Gasteiger partial charge in [-0.2, -0.15) is 0 Å². The third-order valence-corrected chi connectivity index (χ3v) is 2.00. The van der Waals surface area contributed by atoms with Gasteiger partial charge in [0.25, 0.3) is 0 Å². The maximum atomic E-state index is 9.61. The second-order valence-electron chi connectivity index (χ2n) is 3.20. The van der Waals surface area contributed by atoms with Crippen LogP contribution in [0.1, 0.15) is 11.7 Å². The average molecular weight is 180 g/mol. The Bertz CT molecular complexity index is 273. The van der Waals surface area contributed by atoms with Crippen molar-refractivity contribution in [1.29, 1.82) is 0 Å². The summed E-state index contributed by atoms with van der Waals surface area (Å²) >= 11 is 0. The molecule has 0 fully saturated rings. The van der Waals surface area contributed by atoms with Crippen molar-refractivity contribution in [3.63, 3.8) is 0 Å². The monoisotopic (exact) mass is 180 g/mol. The number of aliphatic hydroxyl groups excluding tert-OH is 1. The van der Waals surface area contributed by atoms with Crippen molar-refractivity contribution >= 4 is 5.69 Å². The molecule has 0 saturated carbocycles. The molecule has 0 radical (unpaired) electrons. The van der Waals surface area contributed by atoms with Crippen LogP contribution in [0.25, 0.3) is 0 Å². The van der Waals surface area contributed by atoms with Crippen molar-refractivity contribution in [3.05, 3.63) is 29.8 Å². The van der Waals surface area contributed by atoms with E-state index in [4.69, 9.17) is 5.73 Å². The highest BCUT2D eigenvalue weighted by molar-refractivity contribution is 5.53. The molecular weight excluding hydrogens is 164 g/mol. The zero-order valence-corrected chi connectivity index (χ0v) is 8.07. The largest absolute Gasteiger partial charge is 0.387 e. The fourth-order valence-corrected chi connectivity index (χ4v) is 1.30. The Labute approximate surface area is 78.8 Å². The number of anilines is 1. The summed E-state index contributed by atoms with van der Waals surface area (Å²) in [6.45, 7) is 0.255. The van der Waals surface area contributed by atoms with Crippen LogP contribution in [0, 0.1) is 0 Å². The van der Waals surface area contributed by atoms with Gasteiger partial charge in [-0.3, -0.25) is 0 Å². The lowest BCUT2D eigenvalue weighted by molar-refractivity contribution is 0.187. The third kappa shape index (κ3) is 2.20. The summed E-state index contributed by atoms with van der Waals surface area (Å²) in [7, 11) is 3.89. The molecule has 0 aliphatic rings. The Morgan fingerprint density at radius 3 is 2.54 bits per heavy atom. The first kappa shape index (κ1) is 10.0. The van der Waals surface area contributed by atoms with Crippen LogP contribution in [0.5, 0.6) is 0 Å². The van der Waals surface area contributed by atoms with E-state index in [1.165, 1.54) is 0 Å². The van der Waals surface area contributed by atoms with Gasteiger partial charge in [-0.25, -0.2) is 0 Å². The fraction of sp³-hybridized carbons (Fsp3) is 0.400. The van der Waals surface area contributed by atoms with Gasteiger partial charge < -0.3 is 15.7 Å². The molecule has 1 aromatic rings. The maximum Gasteiger partial charge on any atom is 0.0932 e. The second kappa shape index (κ2) is 4.25. The second-order valence-corrected chi connectivity index (χ2v) is 3.20. The smallest absolute Gasteiger partial charge is 0.0932 e. The highest BCUT2D eigenvalue weighted by atomic mass is 16.3. The van der Waals surface area contributed by atoms with Gasteiger partial charge >= 0.3 is 0 Å². The van der Waals surface area contributed by atoms with Crippen LogP contribution in [0.15, 0.2) is 24.3 Å². The minimum atomic E-state index is -0.571. The van der Waals surface area contributed by atoms with Crippen molar-refractivity contribution in [2.24, 2.45) is 5.73 Å². The van der Waals surface area contributed by atoms with Crippen LogP contribution < -0.4 is 10.6 Å². The average Bonchev–Trinajstić information content (AvgIpc) is 2.16. The molecule has 0 aromatic heterocycles. The van der Waals surface area contributed by atoms with E-state index < -0.39 is 6.10 Å². The third-order valence-electron chi connectivity index (χ3n) is 2.00. The molecule has 0 unspecified atom stereocenters. The number of hydrogen-bond donors (Lipinski definition) is 2. The fourth-order valence-electron chi connectivity index (χ4n) is 1.30. The Morgan fingerprint density at radius 1 is 1.38 bits per heavy atom. The van der Waals surface area contributed by atoms with Crippen molar-refractivity contribution in [2.45, 2.75) is 6.10 Å². The van der Waals surface area contributed by atoms with Crippen molar-refractivity contribution < 1.29 is 5.11 Å². The van der Waals surface area contributed by atoms with E-state index in [1.807, 2.05) is 43.3 Å². The van der Waals surface area contributed by atoms with E-state index in [1.54, 1.807) is 0 Å². The molecule has 0 aliphatic heterocycles. The summed E-state index contributed by atoms with van der Waals surface area (Å²) < 4.78 is 0. The highest BCUT2D eigenvalue weighted by Crippen LogP contribution is 2.23. The minimum absolute atomic E-state index is 0.255. The van der Waals surface area contributed by atoms with Crippen LogP contribution in [-0.4, -0.2) is 25.7 Å². The van der Waals surface area contributed by atoms with Crippen LogP contribution in [0.4, 0.5) is 5.69 Å². The lowest BCUT2D eigenvalue weighted by atomic mass is 10.1. The van der Waals surface area contributed by atoms with Crippen molar-refractivity contribution in [1.82, 2.24) is 0 Å². The van der Waals surface area contributed by atoms with Gasteiger partial charge in [-0.05, 0) is 6.07 Å². The molecule has 0 saturated heterocycles. The molecule has 0 heterocycles. The zero-order chi connectivity index (χ0) is 9.84. The first-order valence-corrected chi connectivity index (χ1v) is 4.31. The first-order valence-electron chi connectivity index (χ1n) is 4.31. The Balaban J connectivity index is 3.04. The summed E-state index contributed by atoms with van der Waals surface area (Å²) in [5, 5.41) is 9.61. The predicted octanol–water partition coefficient (Wildman–Crippen LogP) is 0.745. The molecule has 0 spiro atoms. The van der Waals surface area contributed by atoms with E-state index in [0.717, 1.165) is 11.3 Å². The lowest BCUT2D eigenvalue weighted by Crippen LogP contribution is -2.17. The van der Waals surface area contributed by atoms with Gasteiger partial charge in [0.15, 0.2) is 0 Å². The van der Waals surface area contributed by atoms with E-state index in [2.05, 4.69) is 0 Å². The predicted molar refractivity (Wildman–Crippen MR) is 54.8 cm³/mol. The van der Waals surface area contributed by atoms with Gasteiger partial charge in [-0.1, -0.05) is 18.2 Å². The van der Waals surface area contributed by atoms with Gasteiger partial charge in [0.2, 0.25) is 0 Å². The Hall–Kier alpha value is -1.06. The van der Waals surface area contributed by atoms with E-state index in [0.29, 0.717) is 0 Å². The molecule has 3 nitrogen and oxygen atoms in total. The first-order chi connectivity index (χ1) is 6.16. The van der Waals surface area contributed by atoms with Gasteiger partial charge in [-0.15, -0.1) is 0 Å². The molecule has 1 atom stereocenters. The normalized spacial score (nSPS) is 12.6. The van der Waals surface area contributed by atoms with Crippen LogP contribution >= 0.6 is 0 Å².